The number of carbonyl (C=O) groups is 3. The molecule has 3 aromatic rings. The minimum Gasteiger partial charge on any atom is -0.300 e. The van der Waals surface area contributed by atoms with Crippen molar-refractivity contribution in [2.24, 2.45) is 11.8 Å². The third-order valence-corrected chi connectivity index (χ3v) is 6.45. The summed E-state index contributed by atoms with van der Waals surface area (Å²) in [6.45, 7) is -0.268. The van der Waals surface area contributed by atoms with Crippen LogP contribution in [0, 0.1) is 11.8 Å². The van der Waals surface area contributed by atoms with Crippen molar-refractivity contribution >= 4 is 45.0 Å². The molecule has 2 atom stereocenters. The van der Waals surface area contributed by atoms with Crippen LogP contribution >= 0.6 is 11.3 Å². The van der Waals surface area contributed by atoms with Gasteiger partial charge in [0.05, 0.1) is 17.5 Å². The number of amides is 3. The summed E-state index contributed by atoms with van der Waals surface area (Å²) >= 11 is 1.32. The zero-order valence-corrected chi connectivity index (χ0v) is 16.9. The second kappa shape index (κ2) is 7.50. The number of imide groups is 1. The van der Waals surface area contributed by atoms with Gasteiger partial charge < -0.3 is 5.32 Å². The average molecular weight is 417 g/mol. The first kappa shape index (κ1) is 18.7. The van der Waals surface area contributed by atoms with Gasteiger partial charge in [0, 0.05) is 10.9 Å². The van der Waals surface area contributed by atoms with E-state index >= 15 is 0 Å². The number of likely N-dealkylation sites (tertiary alicyclic amines) is 1. The van der Waals surface area contributed by atoms with E-state index in [4.69, 9.17) is 0 Å². The highest BCUT2D eigenvalue weighted by Crippen LogP contribution is 2.35. The summed E-state index contributed by atoms with van der Waals surface area (Å²) in [5.41, 5.74) is 1.73. The van der Waals surface area contributed by atoms with Crippen LogP contribution in [0.1, 0.15) is 12.8 Å². The van der Waals surface area contributed by atoms with Crippen LogP contribution in [0.3, 0.4) is 0 Å². The highest BCUT2D eigenvalue weighted by molar-refractivity contribution is 7.14. The van der Waals surface area contributed by atoms with Crippen LogP contribution in [0.4, 0.5) is 5.13 Å². The van der Waals surface area contributed by atoms with Gasteiger partial charge in [-0.3, -0.25) is 19.3 Å². The van der Waals surface area contributed by atoms with Crippen LogP contribution in [-0.4, -0.2) is 34.2 Å². The topological polar surface area (TPSA) is 79.4 Å². The summed E-state index contributed by atoms with van der Waals surface area (Å²) in [5, 5.41) is 7.33. The van der Waals surface area contributed by atoms with Gasteiger partial charge in [-0.15, -0.1) is 11.3 Å². The molecular weight excluding hydrogens is 398 g/mol. The highest BCUT2D eigenvalue weighted by atomic mass is 32.1. The van der Waals surface area contributed by atoms with Crippen molar-refractivity contribution in [3.63, 3.8) is 0 Å². The number of carbonyl (C=O) groups excluding carboxylic acids is 3. The highest BCUT2D eigenvalue weighted by Gasteiger charge is 2.47. The number of hydrogen-bond acceptors (Lipinski definition) is 5. The van der Waals surface area contributed by atoms with E-state index in [1.165, 1.54) is 11.3 Å². The number of hydrogen-bond donors (Lipinski definition) is 1. The number of fused-ring (bicyclic) bond motifs is 2. The van der Waals surface area contributed by atoms with Gasteiger partial charge in [0.2, 0.25) is 17.7 Å². The van der Waals surface area contributed by atoms with Gasteiger partial charge in [0.25, 0.3) is 0 Å². The molecule has 2 aromatic carbocycles. The maximum Gasteiger partial charge on any atom is 0.246 e. The molecule has 0 radical (unpaired) electrons. The van der Waals surface area contributed by atoms with Gasteiger partial charge in [-0.25, -0.2) is 4.98 Å². The molecule has 6 nitrogen and oxygen atoms in total. The molecule has 0 unspecified atom stereocenters. The number of nitrogens with one attached hydrogen (secondary N) is 1. The third kappa shape index (κ3) is 3.31. The molecule has 3 amide bonds. The number of thiazole rings is 1. The summed E-state index contributed by atoms with van der Waals surface area (Å²) < 4.78 is 0. The minimum atomic E-state index is -0.414. The molecule has 1 aromatic heterocycles. The van der Waals surface area contributed by atoms with Gasteiger partial charge in [0.1, 0.15) is 6.54 Å². The van der Waals surface area contributed by atoms with Crippen molar-refractivity contribution in [2.45, 2.75) is 12.8 Å². The fourth-order valence-corrected chi connectivity index (χ4v) is 4.88. The Balaban J connectivity index is 1.27. The normalized spacial score (nSPS) is 20.6. The molecule has 1 aliphatic heterocycles. The van der Waals surface area contributed by atoms with Crippen molar-refractivity contribution in [1.82, 2.24) is 9.88 Å². The minimum absolute atomic E-state index is 0.250. The van der Waals surface area contributed by atoms with Crippen molar-refractivity contribution in [3.05, 3.63) is 60.0 Å². The molecule has 0 bridgehead atoms. The number of benzene rings is 2. The predicted molar refractivity (Wildman–Crippen MR) is 116 cm³/mol. The monoisotopic (exact) mass is 417 g/mol. The number of nitrogens with zero attached hydrogens (tertiary/aromatic N) is 2. The Bertz CT molecular complexity index is 1170. The third-order valence-electron chi connectivity index (χ3n) is 5.70. The predicted octanol–water partition coefficient (Wildman–Crippen LogP) is 3.85. The van der Waals surface area contributed by atoms with Crippen molar-refractivity contribution in [2.75, 3.05) is 11.9 Å². The first-order chi connectivity index (χ1) is 14.6. The van der Waals surface area contributed by atoms with E-state index in [9.17, 15) is 14.4 Å². The van der Waals surface area contributed by atoms with Crippen molar-refractivity contribution in [3.8, 4) is 11.3 Å². The maximum atomic E-state index is 12.5. The average Bonchev–Trinajstić information content (AvgIpc) is 3.32. The molecule has 5 rings (SSSR count). The number of rotatable bonds is 4. The largest absolute Gasteiger partial charge is 0.300 e. The van der Waals surface area contributed by atoms with E-state index < -0.39 is 5.91 Å². The molecule has 150 valence electrons. The van der Waals surface area contributed by atoms with E-state index in [1.807, 2.05) is 47.9 Å². The SMILES string of the molecule is O=C(CN1C(=O)[C@@H]2CC=CC[C@H]2C1=O)Nc1nc(-c2ccc3ccccc3c2)cs1. The van der Waals surface area contributed by atoms with Gasteiger partial charge in [-0.2, -0.15) is 0 Å². The molecule has 0 saturated carbocycles. The van der Waals surface area contributed by atoms with Gasteiger partial charge in [-0.05, 0) is 29.7 Å². The number of anilines is 1. The lowest BCUT2D eigenvalue weighted by Crippen LogP contribution is -2.38. The van der Waals surface area contributed by atoms with E-state index in [0.717, 1.165) is 26.9 Å². The Morgan fingerprint density at radius 1 is 1.03 bits per heavy atom. The Morgan fingerprint density at radius 2 is 1.73 bits per heavy atom. The molecule has 1 aliphatic carbocycles. The first-order valence-corrected chi connectivity index (χ1v) is 10.7. The van der Waals surface area contributed by atoms with Crippen molar-refractivity contribution < 1.29 is 14.4 Å². The Hall–Kier alpha value is -3.32. The summed E-state index contributed by atoms with van der Waals surface area (Å²) in [7, 11) is 0. The molecule has 2 aliphatic rings. The maximum absolute atomic E-state index is 12.5. The Morgan fingerprint density at radius 3 is 2.47 bits per heavy atom. The fourth-order valence-electron chi connectivity index (χ4n) is 4.14. The van der Waals surface area contributed by atoms with E-state index in [2.05, 4.69) is 22.4 Å². The van der Waals surface area contributed by atoms with Crippen LogP contribution in [0.25, 0.3) is 22.0 Å². The Kier molecular flexibility index (Phi) is 4.67. The van der Waals surface area contributed by atoms with Crippen LogP contribution in [0.2, 0.25) is 0 Å². The van der Waals surface area contributed by atoms with E-state index in [0.29, 0.717) is 18.0 Å². The second-order valence-electron chi connectivity index (χ2n) is 7.57. The van der Waals surface area contributed by atoms with Gasteiger partial charge >= 0.3 is 0 Å². The van der Waals surface area contributed by atoms with Crippen molar-refractivity contribution in [1.29, 1.82) is 0 Å². The van der Waals surface area contributed by atoms with Crippen LogP contribution in [0.15, 0.2) is 60.0 Å². The molecule has 0 spiro atoms. The second-order valence-corrected chi connectivity index (χ2v) is 8.42. The summed E-state index contributed by atoms with van der Waals surface area (Å²) in [5.74, 6) is -1.56. The van der Waals surface area contributed by atoms with Gasteiger partial charge in [-0.1, -0.05) is 48.6 Å². The van der Waals surface area contributed by atoms with E-state index in [-0.39, 0.29) is 30.2 Å². The first-order valence-electron chi connectivity index (χ1n) is 9.85. The lowest BCUT2D eigenvalue weighted by atomic mass is 9.85. The molecule has 30 heavy (non-hydrogen) atoms. The molecule has 1 saturated heterocycles. The van der Waals surface area contributed by atoms with Crippen LogP contribution in [-0.2, 0) is 14.4 Å². The lowest BCUT2D eigenvalue weighted by molar-refractivity contribution is -0.142. The molecule has 2 heterocycles. The summed E-state index contributed by atoms with van der Waals surface area (Å²) in [6, 6.07) is 14.2. The molecule has 1 fully saturated rings. The standard InChI is InChI=1S/C23H19N3O3S/c27-20(12-26-21(28)17-7-3-4-8-18(17)22(26)29)25-23-24-19(13-30-23)16-10-9-14-5-1-2-6-15(14)11-16/h1-6,9-11,13,17-18H,7-8,12H2,(H,24,25,27)/t17-,18-/m1/s1. The van der Waals surface area contributed by atoms with Gasteiger partial charge in [0.15, 0.2) is 5.13 Å². The Labute approximate surface area is 177 Å². The smallest absolute Gasteiger partial charge is 0.246 e. The zero-order valence-electron chi connectivity index (χ0n) is 16.1. The molecule has 7 heteroatoms. The summed E-state index contributed by atoms with van der Waals surface area (Å²) in [4.78, 5) is 43.1. The lowest BCUT2D eigenvalue weighted by Gasteiger charge is -2.14. The number of aromatic nitrogens is 1. The van der Waals surface area contributed by atoms with Crippen LogP contribution in [0.5, 0.6) is 0 Å². The molecular formula is C23H19N3O3S. The fraction of sp³-hybridized carbons (Fsp3) is 0.217. The summed E-state index contributed by atoms with van der Waals surface area (Å²) in [6.07, 6.45) is 4.99. The zero-order chi connectivity index (χ0) is 20.7. The number of allylic oxidation sites excluding steroid dienone is 2. The quantitative estimate of drug-likeness (QED) is 0.517. The molecule has 1 N–H and O–H groups in total. The van der Waals surface area contributed by atoms with Crippen LogP contribution < -0.4 is 5.32 Å². The van der Waals surface area contributed by atoms with E-state index in [1.54, 1.807) is 0 Å².